The Kier molecular flexibility index (Phi) is 8.83. The first-order valence-corrected chi connectivity index (χ1v) is 16.3. The lowest BCUT2D eigenvalue weighted by Gasteiger charge is -2.52. The van der Waals surface area contributed by atoms with Gasteiger partial charge in [0.2, 0.25) is 5.91 Å². The molecule has 14 nitrogen and oxygen atoms in total. The summed E-state index contributed by atoms with van der Waals surface area (Å²) in [4.78, 5) is 75.4. The number of benzene rings is 1. The van der Waals surface area contributed by atoms with Gasteiger partial charge in [-0.15, -0.1) is 0 Å². The normalized spacial score (nSPS) is 29.5. The summed E-state index contributed by atoms with van der Waals surface area (Å²) in [5.41, 5.74) is 3.95. The lowest BCUT2D eigenvalue weighted by Crippen LogP contribution is -2.74. The molecule has 4 aliphatic rings. The maximum atomic E-state index is 14.4. The zero-order chi connectivity index (χ0) is 34.8. The number of β-amino-alcohol motifs (C(OH)–C–C–N with tert-alkyl or cyclic N) is 1. The summed E-state index contributed by atoms with van der Waals surface area (Å²) < 4.78 is 6.18. The first kappa shape index (κ1) is 33.9. The number of carbonyl (C=O) groups excluding carboxylic acids is 5. The molecule has 0 radical (unpaired) electrons. The number of phenolic OH excluding ortho intramolecular Hbond substituents is 1. The van der Waals surface area contributed by atoms with Gasteiger partial charge in [0, 0.05) is 58.4 Å². The summed E-state index contributed by atoms with van der Waals surface area (Å²) in [7, 11) is 6.70. The van der Waals surface area contributed by atoms with Crippen LogP contribution in [0.2, 0.25) is 0 Å². The molecule has 6 atom stereocenters. The topological polar surface area (TPSA) is 198 Å². The molecule has 2 unspecified atom stereocenters. The number of nitrogens with zero attached hydrogens (tertiary/aromatic N) is 4. The molecule has 2 aromatic rings. The van der Waals surface area contributed by atoms with Gasteiger partial charge < -0.3 is 30.4 Å². The van der Waals surface area contributed by atoms with E-state index in [9.17, 15) is 39.3 Å². The number of likely N-dealkylation sites (N-methyl/N-ethyl adjacent to an activating group) is 1. The van der Waals surface area contributed by atoms with Crippen LogP contribution in [-0.2, 0) is 32.1 Å². The van der Waals surface area contributed by atoms with E-state index in [-0.39, 0.29) is 36.3 Å². The standard InChI is InChI=1S/C34H43N5O9/c1-36(2)22-15-20(23-6-5-18(48-23)16-39-9-7-38(8-10-39)11-12-40)28(41)25-19(22)13-17-14-21-27(37(3)4)30(43)26(33(35)46)32(45)34(21,47)31(44)24(17)29(25)42/h5-6,15,17,21,24,26-27,40-41,47H,7-14,16H2,1-4H3,(H2,35,46)/t17-,21-,24?,26?,27-,34-/m1/s1. The van der Waals surface area contributed by atoms with Crippen molar-refractivity contribution in [1.29, 1.82) is 0 Å². The third-order valence-corrected chi connectivity index (χ3v) is 10.7. The van der Waals surface area contributed by atoms with Gasteiger partial charge in [-0.1, -0.05) is 0 Å². The molecule has 1 aliphatic heterocycles. The number of amides is 1. The fourth-order valence-corrected chi connectivity index (χ4v) is 8.38. The smallest absolute Gasteiger partial charge is 0.235 e. The first-order chi connectivity index (χ1) is 22.7. The molecular weight excluding hydrogens is 622 g/mol. The summed E-state index contributed by atoms with van der Waals surface area (Å²) in [5, 5.41) is 32.8. The molecule has 1 aromatic heterocycles. The van der Waals surface area contributed by atoms with Crippen LogP contribution in [0, 0.1) is 23.7 Å². The van der Waals surface area contributed by atoms with Crippen LogP contribution in [0.3, 0.4) is 0 Å². The fourth-order valence-electron chi connectivity index (χ4n) is 8.38. The number of hydrogen-bond acceptors (Lipinski definition) is 13. The number of primary amides is 1. The minimum absolute atomic E-state index is 0.0188. The number of aliphatic hydroxyl groups excluding tert-OH is 1. The summed E-state index contributed by atoms with van der Waals surface area (Å²) in [6.45, 7) is 4.54. The highest BCUT2D eigenvalue weighted by molar-refractivity contribution is 6.32. The molecule has 2 heterocycles. The molecular formula is C34H43N5O9. The second-order valence-corrected chi connectivity index (χ2v) is 13.9. The van der Waals surface area contributed by atoms with Crippen LogP contribution in [0.5, 0.6) is 5.75 Å². The van der Waals surface area contributed by atoms with E-state index in [0.29, 0.717) is 35.9 Å². The lowest BCUT2D eigenvalue weighted by molar-refractivity contribution is -0.181. The van der Waals surface area contributed by atoms with Crippen LogP contribution < -0.4 is 10.6 Å². The molecule has 3 fully saturated rings. The van der Waals surface area contributed by atoms with Crippen molar-refractivity contribution in [2.24, 2.45) is 29.4 Å². The number of hydrogen-bond donors (Lipinski definition) is 4. The van der Waals surface area contributed by atoms with Gasteiger partial charge in [-0.3, -0.25) is 38.7 Å². The van der Waals surface area contributed by atoms with Crippen LogP contribution in [0.4, 0.5) is 5.69 Å². The van der Waals surface area contributed by atoms with E-state index in [1.807, 2.05) is 6.07 Å². The molecule has 3 aliphatic carbocycles. The number of nitrogens with two attached hydrogens (primary N) is 1. The second kappa shape index (κ2) is 12.5. The number of ketones is 4. The quantitative estimate of drug-likeness (QED) is 0.259. The highest BCUT2D eigenvalue weighted by Gasteiger charge is 2.69. The van der Waals surface area contributed by atoms with Crippen LogP contribution in [0.25, 0.3) is 11.3 Å². The van der Waals surface area contributed by atoms with Gasteiger partial charge in [0.05, 0.1) is 36.2 Å². The van der Waals surface area contributed by atoms with E-state index in [1.54, 1.807) is 45.2 Å². The first-order valence-electron chi connectivity index (χ1n) is 16.3. The van der Waals surface area contributed by atoms with E-state index in [0.717, 1.165) is 26.2 Å². The van der Waals surface area contributed by atoms with Crippen LogP contribution >= 0.6 is 0 Å². The molecule has 2 saturated carbocycles. The van der Waals surface area contributed by atoms with Gasteiger partial charge in [-0.05, 0) is 56.6 Å². The molecule has 258 valence electrons. The van der Waals surface area contributed by atoms with E-state index in [1.165, 1.54) is 4.90 Å². The summed E-state index contributed by atoms with van der Waals surface area (Å²) in [6.07, 6.45) is 0.147. The molecule has 5 N–H and O–H groups in total. The van der Waals surface area contributed by atoms with Crippen molar-refractivity contribution in [3.63, 3.8) is 0 Å². The van der Waals surface area contributed by atoms with E-state index >= 15 is 0 Å². The van der Waals surface area contributed by atoms with Crippen molar-refractivity contribution >= 4 is 34.7 Å². The Hall–Kier alpha value is -3.95. The van der Waals surface area contributed by atoms with Crippen molar-refractivity contribution in [3.05, 3.63) is 35.1 Å². The van der Waals surface area contributed by atoms with E-state index in [4.69, 9.17) is 10.2 Å². The largest absolute Gasteiger partial charge is 0.506 e. The summed E-state index contributed by atoms with van der Waals surface area (Å²) in [5.74, 6) is -9.91. The predicted molar refractivity (Wildman–Crippen MR) is 172 cm³/mol. The van der Waals surface area contributed by atoms with Gasteiger partial charge >= 0.3 is 0 Å². The Morgan fingerprint density at radius 3 is 2.31 bits per heavy atom. The molecule has 48 heavy (non-hydrogen) atoms. The number of fused-ring (bicyclic) bond motifs is 3. The number of Topliss-reactive ketones (excluding diaryl/α,β-unsaturated/α-hetero) is 4. The third kappa shape index (κ3) is 5.26. The number of carbonyl (C=O) groups is 5. The maximum absolute atomic E-state index is 14.4. The SMILES string of the molecule is CN(C)c1cc(-c2ccc(CN3CCN(CCO)CC3)o2)c(O)c2c1C[C@@H]1C[C@@H]3[C@@H](N(C)C)C(=O)C(C(N)=O)C(=O)[C@]3(O)C(=O)C1C2=O. The van der Waals surface area contributed by atoms with Gasteiger partial charge in [0.1, 0.15) is 17.3 Å². The number of furan rings is 1. The van der Waals surface area contributed by atoms with E-state index in [2.05, 4.69) is 9.80 Å². The number of rotatable bonds is 8. The van der Waals surface area contributed by atoms with Crippen LogP contribution in [-0.4, -0.2) is 138 Å². The molecule has 1 saturated heterocycles. The number of piperazine rings is 1. The third-order valence-electron chi connectivity index (χ3n) is 10.7. The van der Waals surface area contributed by atoms with Crippen LogP contribution in [0.1, 0.15) is 28.1 Å². The van der Waals surface area contributed by atoms with Crippen molar-refractivity contribution in [3.8, 4) is 17.1 Å². The van der Waals surface area contributed by atoms with Gasteiger partial charge in [0.15, 0.2) is 34.7 Å². The zero-order valence-electron chi connectivity index (χ0n) is 27.6. The van der Waals surface area contributed by atoms with Gasteiger partial charge in [-0.2, -0.15) is 0 Å². The number of anilines is 1. The van der Waals surface area contributed by atoms with Crippen LogP contribution in [0.15, 0.2) is 22.6 Å². The summed E-state index contributed by atoms with van der Waals surface area (Å²) in [6, 6.07) is 4.12. The molecule has 6 rings (SSSR count). The zero-order valence-corrected chi connectivity index (χ0v) is 27.6. The monoisotopic (exact) mass is 665 g/mol. The Bertz CT molecular complexity index is 1680. The Balaban J connectivity index is 1.36. The molecule has 0 bridgehead atoms. The Morgan fingerprint density at radius 1 is 1.04 bits per heavy atom. The Morgan fingerprint density at radius 2 is 1.71 bits per heavy atom. The Labute approximate surface area is 278 Å². The maximum Gasteiger partial charge on any atom is 0.235 e. The van der Waals surface area contributed by atoms with Crippen molar-refractivity contribution in [2.75, 3.05) is 72.4 Å². The average Bonchev–Trinajstić information content (AvgIpc) is 3.47. The highest BCUT2D eigenvalue weighted by atomic mass is 16.3. The van der Waals surface area contributed by atoms with Crippen molar-refractivity contribution < 1.29 is 43.7 Å². The number of phenols is 1. The number of aliphatic hydroxyl groups is 2. The minimum atomic E-state index is -2.78. The van der Waals surface area contributed by atoms with Crippen molar-refractivity contribution in [2.45, 2.75) is 31.0 Å². The summed E-state index contributed by atoms with van der Waals surface area (Å²) >= 11 is 0. The fraction of sp³-hybridized carbons (Fsp3) is 0.559. The molecule has 1 aromatic carbocycles. The minimum Gasteiger partial charge on any atom is -0.506 e. The van der Waals surface area contributed by atoms with E-state index < -0.39 is 64.4 Å². The van der Waals surface area contributed by atoms with Crippen molar-refractivity contribution in [1.82, 2.24) is 14.7 Å². The second-order valence-electron chi connectivity index (χ2n) is 13.9. The van der Waals surface area contributed by atoms with Gasteiger partial charge in [0.25, 0.3) is 0 Å². The molecule has 14 heteroatoms. The predicted octanol–water partition coefficient (Wildman–Crippen LogP) is -0.697. The number of aromatic hydroxyl groups is 1. The lowest BCUT2D eigenvalue weighted by atomic mass is 9.52. The highest BCUT2D eigenvalue weighted by Crippen LogP contribution is 2.53. The molecule has 1 amide bonds. The van der Waals surface area contributed by atoms with Gasteiger partial charge in [-0.25, -0.2) is 0 Å². The molecule has 0 spiro atoms. The average molecular weight is 666 g/mol.